The lowest BCUT2D eigenvalue weighted by Gasteiger charge is -2.10. The second-order valence-electron chi connectivity index (χ2n) is 2.54. The first-order valence-electron chi connectivity index (χ1n) is 3.76. The molecular formula is C8H9Cl2NO2. The van der Waals surface area contributed by atoms with Gasteiger partial charge in [-0.3, -0.25) is 0 Å². The topological polar surface area (TPSA) is 53.4 Å². The van der Waals surface area contributed by atoms with Crippen LogP contribution < -0.4 is 0 Å². The van der Waals surface area contributed by atoms with Crippen molar-refractivity contribution in [3.8, 4) is 0 Å². The van der Waals surface area contributed by atoms with Crippen LogP contribution in [0.2, 0.25) is 10.3 Å². The number of aromatic nitrogens is 1. The SMILES string of the molecule is OCCC(O)c1ccc(Cl)nc1Cl. The molecule has 72 valence electrons. The summed E-state index contributed by atoms with van der Waals surface area (Å²) in [6.45, 7) is -0.0971. The van der Waals surface area contributed by atoms with E-state index in [2.05, 4.69) is 4.98 Å². The van der Waals surface area contributed by atoms with Crippen molar-refractivity contribution in [2.24, 2.45) is 0 Å². The summed E-state index contributed by atoms with van der Waals surface area (Å²) >= 11 is 11.3. The lowest BCUT2D eigenvalue weighted by molar-refractivity contribution is 0.134. The van der Waals surface area contributed by atoms with Crippen molar-refractivity contribution in [2.45, 2.75) is 12.5 Å². The Morgan fingerprint density at radius 1 is 1.38 bits per heavy atom. The van der Waals surface area contributed by atoms with Gasteiger partial charge < -0.3 is 10.2 Å². The summed E-state index contributed by atoms with van der Waals surface area (Å²) in [5, 5.41) is 18.5. The van der Waals surface area contributed by atoms with Crippen molar-refractivity contribution in [2.75, 3.05) is 6.61 Å². The average Bonchev–Trinajstić information content (AvgIpc) is 2.04. The molecule has 3 nitrogen and oxygen atoms in total. The molecule has 1 aromatic heterocycles. The summed E-state index contributed by atoms with van der Waals surface area (Å²) < 4.78 is 0. The Morgan fingerprint density at radius 3 is 2.62 bits per heavy atom. The molecule has 2 N–H and O–H groups in total. The number of hydrogen-bond acceptors (Lipinski definition) is 3. The van der Waals surface area contributed by atoms with E-state index in [0.29, 0.717) is 5.56 Å². The second-order valence-corrected chi connectivity index (χ2v) is 3.29. The van der Waals surface area contributed by atoms with Crippen molar-refractivity contribution in [3.63, 3.8) is 0 Å². The fourth-order valence-electron chi connectivity index (χ4n) is 0.949. The number of aliphatic hydroxyl groups is 2. The Labute approximate surface area is 85.9 Å². The highest BCUT2D eigenvalue weighted by atomic mass is 35.5. The standard InChI is InChI=1S/C8H9Cl2NO2/c9-7-2-1-5(8(10)11-7)6(13)3-4-12/h1-2,6,12-13H,3-4H2. The van der Waals surface area contributed by atoms with Crippen LogP contribution in [0.4, 0.5) is 0 Å². The molecule has 0 saturated carbocycles. The molecule has 13 heavy (non-hydrogen) atoms. The molecular weight excluding hydrogens is 213 g/mol. The third-order valence-corrected chi connectivity index (χ3v) is 2.12. The number of rotatable bonds is 3. The van der Waals surface area contributed by atoms with Gasteiger partial charge in [-0.15, -0.1) is 0 Å². The monoisotopic (exact) mass is 221 g/mol. The number of hydrogen-bond donors (Lipinski definition) is 2. The summed E-state index contributed by atoms with van der Waals surface area (Å²) in [6.07, 6.45) is -0.550. The molecule has 1 heterocycles. The number of halogens is 2. The molecule has 0 aliphatic carbocycles. The van der Waals surface area contributed by atoms with E-state index in [1.165, 1.54) is 0 Å². The van der Waals surface area contributed by atoms with Gasteiger partial charge in [0, 0.05) is 18.6 Å². The number of pyridine rings is 1. The molecule has 0 aromatic carbocycles. The zero-order valence-electron chi connectivity index (χ0n) is 6.74. The Kier molecular flexibility index (Phi) is 3.93. The van der Waals surface area contributed by atoms with Crippen LogP contribution in [0, 0.1) is 0 Å². The quantitative estimate of drug-likeness (QED) is 0.766. The molecule has 1 unspecified atom stereocenters. The van der Waals surface area contributed by atoms with E-state index in [0.717, 1.165) is 0 Å². The van der Waals surface area contributed by atoms with Gasteiger partial charge in [0.2, 0.25) is 0 Å². The third kappa shape index (κ3) is 2.81. The summed E-state index contributed by atoms with van der Waals surface area (Å²) in [5.41, 5.74) is 0.486. The minimum atomic E-state index is -0.790. The van der Waals surface area contributed by atoms with E-state index in [-0.39, 0.29) is 23.3 Å². The van der Waals surface area contributed by atoms with Crippen molar-refractivity contribution >= 4 is 23.2 Å². The van der Waals surface area contributed by atoms with Gasteiger partial charge >= 0.3 is 0 Å². The molecule has 1 rings (SSSR count). The molecule has 1 aromatic rings. The zero-order chi connectivity index (χ0) is 9.84. The van der Waals surface area contributed by atoms with E-state index in [1.54, 1.807) is 12.1 Å². The van der Waals surface area contributed by atoms with Gasteiger partial charge in [0.05, 0.1) is 6.10 Å². The first-order chi connectivity index (χ1) is 6.15. The maximum Gasteiger partial charge on any atom is 0.136 e. The molecule has 0 aliphatic heterocycles. The van der Waals surface area contributed by atoms with Crippen molar-refractivity contribution < 1.29 is 10.2 Å². The van der Waals surface area contributed by atoms with Gasteiger partial charge in [0.25, 0.3) is 0 Å². The smallest absolute Gasteiger partial charge is 0.136 e. The minimum Gasteiger partial charge on any atom is -0.396 e. The van der Waals surface area contributed by atoms with E-state index in [9.17, 15) is 5.11 Å². The van der Waals surface area contributed by atoms with Crippen molar-refractivity contribution in [1.82, 2.24) is 4.98 Å². The van der Waals surface area contributed by atoms with Crippen LogP contribution in [0.3, 0.4) is 0 Å². The first-order valence-corrected chi connectivity index (χ1v) is 4.51. The highest BCUT2D eigenvalue weighted by Crippen LogP contribution is 2.24. The van der Waals surface area contributed by atoms with Gasteiger partial charge in [-0.2, -0.15) is 0 Å². The maximum absolute atomic E-state index is 9.46. The second kappa shape index (κ2) is 4.77. The molecule has 0 radical (unpaired) electrons. The summed E-state index contributed by atoms with van der Waals surface area (Å²) in [7, 11) is 0. The molecule has 5 heteroatoms. The lowest BCUT2D eigenvalue weighted by Crippen LogP contribution is -2.01. The van der Waals surface area contributed by atoms with E-state index in [1.807, 2.05) is 0 Å². The molecule has 0 aliphatic rings. The van der Waals surface area contributed by atoms with Crippen LogP contribution in [-0.4, -0.2) is 21.8 Å². The van der Waals surface area contributed by atoms with Gasteiger partial charge in [-0.25, -0.2) is 4.98 Å². The van der Waals surface area contributed by atoms with Crippen LogP contribution in [-0.2, 0) is 0 Å². The largest absolute Gasteiger partial charge is 0.396 e. The van der Waals surface area contributed by atoms with Gasteiger partial charge in [0.1, 0.15) is 10.3 Å². The van der Waals surface area contributed by atoms with E-state index in [4.69, 9.17) is 28.3 Å². The van der Waals surface area contributed by atoms with Crippen molar-refractivity contribution in [1.29, 1.82) is 0 Å². The Bertz CT molecular complexity index is 293. The Hall–Kier alpha value is -0.350. The van der Waals surface area contributed by atoms with Crippen LogP contribution in [0.25, 0.3) is 0 Å². The lowest BCUT2D eigenvalue weighted by atomic mass is 10.1. The summed E-state index contributed by atoms with van der Waals surface area (Å²) in [6, 6.07) is 3.14. The third-order valence-electron chi connectivity index (χ3n) is 1.61. The van der Waals surface area contributed by atoms with Gasteiger partial charge in [0.15, 0.2) is 0 Å². The van der Waals surface area contributed by atoms with Crippen LogP contribution in [0.5, 0.6) is 0 Å². The Balaban J connectivity index is 2.88. The number of aliphatic hydroxyl groups excluding tert-OH is 2. The zero-order valence-corrected chi connectivity index (χ0v) is 8.26. The molecule has 0 bridgehead atoms. The Morgan fingerprint density at radius 2 is 2.08 bits per heavy atom. The van der Waals surface area contributed by atoms with Crippen LogP contribution >= 0.6 is 23.2 Å². The molecule has 1 atom stereocenters. The fourth-order valence-corrected chi connectivity index (χ4v) is 1.42. The predicted molar refractivity (Wildman–Crippen MR) is 50.9 cm³/mol. The number of nitrogens with zero attached hydrogens (tertiary/aromatic N) is 1. The van der Waals surface area contributed by atoms with Gasteiger partial charge in [-0.1, -0.05) is 29.3 Å². The predicted octanol–water partition coefficient (Wildman–Crippen LogP) is 1.80. The van der Waals surface area contributed by atoms with E-state index < -0.39 is 6.10 Å². The van der Waals surface area contributed by atoms with E-state index >= 15 is 0 Å². The molecule has 0 fully saturated rings. The normalized spacial score (nSPS) is 12.9. The van der Waals surface area contributed by atoms with Crippen LogP contribution in [0.1, 0.15) is 18.1 Å². The molecule has 0 amide bonds. The molecule has 0 saturated heterocycles. The average molecular weight is 222 g/mol. The summed E-state index contributed by atoms with van der Waals surface area (Å²) in [5.74, 6) is 0. The highest BCUT2D eigenvalue weighted by molar-refractivity contribution is 6.32. The first kappa shape index (κ1) is 10.7. The minimum absolute atomic E-state index is 0.0971. The highest BCUT2D eigenvalue weighted by Gasteiger charge is 2.11. The maximum atomic E-state index is 9.46. The fraction of sp³-hybridized carbons (Fsp3) is 0.375. The molecule has 0 spiro atoms. The van der Waals surface area contributed by atoms with Crippen LogP contribution in [0.15, 0.2) is 12.1 Å². The summed E-state index contributed by atoms with van der Waals surface area (Å²) in [4.78, 5) is 3.77. The van der Waals surface area contributed by atoms with Gasteiger partial charge in [-0.05, 0) is 6.07 Å². The van der Waals surface area contributed by atoms with Crippen molar-refractivity contribution in [3.05, 3.63) is 28.0 Å².